The predicted molar refractivity (Wildman–Crippen MR) is 67.1 cm³/mol. The Morgan fingerprint density at radius 1 is 1.26 bits per heavy atom. The summed E-state index contributed by atoms with van der Waals surface area (Å²) in [6, 6.07) is 4.88. The summed E-state index contributed by atoms with van der Waals surface area (Å²) in [7, 11) is 0. The van der Waals surface area contributed by atoms with Crippen LogP contribution in [0.3, 0.4) is 0 Å². The van der Waals surface area contributed by atoms with Crippen LogP contribution in [0, 0.1) is 17.0 Å². The second kappa shape index (κ2) is 4.52. The standard InChI is InChI=1S/C13H16F2N2O2/c1-9-3-2-4-10(11(9)17(18)19)12(16)5-7-13(14,15)8-6-12/h2-4H,5-8,16H2,1H3. The quantitative estimate of drug-likeness (QED) is 0.662. The van der Waals surface area contributed by atoms with Gasteiger partial charge in [-0.25, -0.2) is 8.78 Å². The van der Waals surface area contributed by atoms with Crippen molar-refractivity contribution in [2.45, 2.75) is 44.1 Å². The second-order valence-electron chi connectivity index (χ2n) is 5.24. The number of hydrogen-bond donors (Lipinski definition) is 1. The van der Waals surface area contributed by atoms with Gasteiger partial charge >= 0.3 is 0 Å². The van der Waals surface area contributed by atoms with Crippen LogP contribution < -0.4 is 5.73 Å². The number of nitrogens with zero attached hydrogens (tertiary/aromatic N) is 1. The number of benzene rings is 1. The SMILES string of the molecule is Cc1cccc(C2(N)CCC(F)(F)CC2)c1[N+](=O)[O-]. The molecule has 0 unspecified atom stereocenters. The molecular weight excluding hydrogens is 254 g/mol. The van der Waals surface area contributed by atoms with Crippen molar-refractivity contribution in [3.05, 3.63) is 39.4 Å². The van der Waals surface area contributed by atoms with Crippen molar-refractivity contribution in [2.75, 3.05) is 0 Å². The van der Waals surface area contributed by atoms with Gasteiger partial charge in [0, 0.05) is 29.5 Å². The molecule has 2 N–H and O–H groups in total. The number of alkyl halides is 2. The largest absolute Gasteiger partial charge is 0.321 e. The Labute approximate surface area is 109 Å². The van der Waals surface area contributed by atoms with Gasteiger partial charge in [-0.05, 0) is 19.8 Å². The molecule has 0 radical (unpaired) electrons. The first-order chi connectivity index (χ1) is 8.75. The Kier molecular flexibility index (Phi) is 3.30. The Morgan fingerprint density at radius 2 is 1.84 bits per heavy atom. The van der Waals surface area contributed by atoms with E-state index in [2.05, 4.69) is 0 Å². The summed E-state index contributed by atoms with van der Waals surface area (Å²) in [4.78, 5) is 10.7. The average molecular weight is 270 g/mol. The van der Waals surface area contributed by atoms with Crippen LogP contribution in [0.5, 0.6) is 0 Å². The van der Waals surface area contributed by atoms with Crippen molar-refractivity contribution in [3.8, 4) is 0 Å². The normalized spacial score (nSPS) is 21.1. The summed E-state index contributed by atoms with van der Waals surface area (Å²) in [5.41, 5.74) is 5.97. The van der Waals surface area contributed by atoms with Crippen molar-refractivity contribution in [1.29, 1.82) is 0 Å². The molecule has 0 aliphatic heterocycles. The van der Waals surface area contributed by atoms with Crippen LogP contribution in [0.4, 0.5) is 14.5 Å². The Balaban J connectivity index is 2.42. The highest BCUT2D eigenvalue weighted by Crippen LogP contribution is 2.45. The molecular formula is C13H16F2N2O2. The maximum Gasteiger partial charge on any atom is 0.277 e. The lowest BCUT2D eigenvalue weighted by Crippen LogP contribution is -2.44. The number of rotatable bonds is 2. The van der Waals surface area contributed by atoms with E-state index in [1.54, 1.807) is 25.1 Å². The fourth-order valence-corrected chi connectivity index (χ4v) is 2.63. The van der Waals surface area contributed by atoms with Crippen molar-refractivity contribution >= 4 is 5.69 Å². The van der Waals surface area contributed by atoms with Crippen LogP contribution >= 0.6 is 0 Å². The monoisotopic (exact) mass is 270 g/mol. The molecule has 104 valence electrons. The minimum Gasteiger partial charge on any atom is -0.321 e. The summed E-state index contributed by atoms with van der Waals surface area (Å²) >= 11 is 0. The van der Waals surface area contributed by atoms with E-state index in [1.165, 1.54) is 0 Å². The van der Waals surface area contributed by atoms with E-state index in [1.807, 2.05) is 0 Å². The van der Waals surface area contributed by atoms with Gasteiger partial charge in [-0.1, -0.05) is 18.2 Å². The molecule has 4 nitrogen and oxygen atoms in total. The highest BCUT2D eigenvalue weighted by Gasteiger charge is 2.44. The molecule has 0 saturated heterocycles. The molecule has 19 heavy (non-hydrogen) atoms. The highest BCUT2D eigenvalue weighted by atomic mass is 19.3. The van der Waals surface area contributed by atoms with Crippen LogP contribution in [0.1, 0.15) is 36.8 Å². The van der Waals surface area contributed by atoms with Gasteiger partial charge < -0.3 is 5.73 Å². The van der Waals surface area contributed by atoms with E-state index >= 15 is 0 Å². The van der Waals surface area contributed by atoms with Crippen LogP contribution in [0.2, 0.25) is 0 Å². The third-order valence-corrected chi connectivity index (χ3v) is 3.83. The molecule has 1 saturated carbocycles. The van der Waals surface area contributed by atoms with Gasteiger partial charge in [0.05, 0.1) is 4.92 Å². The summed E-state index contributed by atoms with van der Waals surface area (Å²) in [5, 5.41) is 11.2. The van der Waals surface area contributed by atoms with E-state index in [4.69, 9.17) is 5.73 Å². The van der Waals surface area contributed by atoms with Crippen molar-refractivity contribution in [2.24, 2.45) is 5.73 Å². The Morgan fingerprint density at radius 3 is 2.37 bits per heavy atom. The molecule has 1 aliphatic carbocycles. The predicted octanol–water partition coefficient (Wildman–Crippen LogP) is 3.27. The van der Waals surface area contributed by atoms with Gasteiger partial charge in [0.2, 0.25) is 5.92 Å². The molecule has 0 heterocycles. The fourth-order valence-electron chi connectivity index (χ4n) is 2.63. The van der Waals surface area contributed by atoms with Crippen LogP contribution in [0.15, 0.2) is 18.2 Å². The summed E-state index contributed by atoms with van der Waals surface area (Å²) < 4.78 is 26.4. The van der Waals surface area contributed by atoms with Gasteiger partial charge in [-0.2, -0.15) is 0 Å². The van der Waals surface area contributed by atoms with E-state index < -0.39 is 16.4 Å². The molecule has 0 atom stereocenters. The number of nitrogens with two attached hydrogens (primary N) is 1. The maximum atomic E-state index is 13.2. The lowest BCUT2D eigenvalue weighted by atomic mass is 9.75. The molecule has 0 spiro atoms. The zero-order valence-corrected chi connectivity index (χ0v) is 10.7. The number of aryl methyl sites for hydroxylation is 1. The lowest BCUT2D eigenvalue weighted by Gasteiger charge is -2.37. The summed E-state index contributed by atoms with van der Waals surface area (Å²) in [6.45, 7) is 1.63. The Hall–Kier alpha value is -1.56. The minimum atomic E-state index is -2.71. The molecule has 0 amide bonds. The zero-order chi connectivity index (χ0) is 14.3. The lowest BCUT2D eigenvalue weighted by molar-refractivity contribution is -0.386. The third-order valence-electron chi connectivity index (χ3n) is 3.83. The molecule has 1 fully saturated rings. The number of halogens is 2. The van der Waals surface area contributed by atoms with Gasteiger partial charge in [0.25, 0.3) is 5.69 Å². The first kappa shape index (κ1) is 13.9. The smallest absolute Gasteiger partial charge is 0.277 e. The molecule has 1 aromatic rings. The van der Waals surface area contributed by atoms with Crippen LogP contribution in [0.25, 0.3) is 0 Å². The van der Waals surface area contributed by atoms with Gasteiger partial charge in [0.1, 0.15) is 0 Å². The average Bonchev–Trinajstić information content (AvgIpc) is 2.33. The maximum absolute atomic E-state index is 13.2. The number of para-hydroxylation sites is 1. The highest BCUT2D eigenvalue weighted by molar-refractivity contribution is 5.50. The van der Waals surface area contributed by atoms with Crippen molar-refractivity contribution in [1.82, 2.24) is 0 Å². The summed E-state index contributed by atoms with van der Waals surface area (Å²) in [5.74, 6) is -2.71. The van der Waals surface area contributed by atoms with E-state index in [0.29, 0.717) is 11.1 Å². The van der Waals surface area contributed by atoms with Gasteiger partial charge in [-0.3, -0.25) is 10.1 Å². The first-order valence-electron chi connectivity index (χ1n) is 6.16. The molecule has 6 heteroatoms. The minimum absolute atomic E-state index is 0.0461. The van der Waals surface area contributed by atoms with Crippen molar-refractivity contribution in [3.63, 3.8) is 0 Å². The van der Waals surface area contributed by atoms with Crippen LogP contribution in [-0.2, 0) is 5.54 Å². The number of nitro benzene ring substituents is 1. The van der Waals surface area contributed by atoms with Crippen molar-refractivity contribution < 1.29 is 13.7 Å². The third kappa shape index (κ3) is 2.58. The number of hydrogen-bond acceptors (Lipinski definition) is 3. The topological polar surface area (TPSA) is 69.2 Å². The molecule has 0 aromatic heterocycles. The first-order valence-corrected chi connectivity index (χ1v) is 6.16. The second-order valence-corrected chi connectivity index (χ2v) is 5.24. The molecule has 1 aromatic carbocycles. The summed E-state index contributed by atoms with van der Waals surface area (Å²) in [6.07, 6.45) is -0.530. The molecule has 0 bridgehead atoms. The molecule has 2 rings (SSSR count). The number of nitro groups is 1. The van der Waals surface area contributed by atoms with Gasteiger partial charge in [0.15, 0.2) is 0 Å². The van der Waals surface area contributed by atoms with E-state index in [0.717, 1.165) is 0 Å². The van der Waals surface area contributed by atoms with Gasteiger partial charge in [-0.15, -0.1) is 0 Å². The van der Waals surface area contributed by atoms with E-state index in [-0.39, 0.29) is 31.4 Å². The van der Waals surface area contributed by atoms with Crippen LogP contribution in [-0.4, -0.2) is 10.8 Å². The Bertz CT molecular complexity index is 507. The zero-order valence-electron chi connectivity index (χ0n) is 10.7. The molecule has 1 aliphatic rings. The van der Waals surface area contributed by atoms with E-state index in [9.17, 15) is 18.9 Å². The fraction of sp³-hybridized carbons (Fsp3) is 0.538.